The summed E-state index contributed by atoms with van der Waals surface area (Å²) in [5.74, 6) is -0.135. The van der Waals surface area contributed by atoms with Gasteiger partial charge in [-0.3, -0.25) is 4.79 Å². The molecule has 15 heavy (non-hydrogen) atoms. The molecule has 0 spiro atoms. The minimum atomic E-state index is -0.887. The number of hydrogen-bond acceptors (Lipinski definition) is 3. The Hall–Kier alpha value is -0.610. The zero-order valence-corrected chi connectivity index (χ0v) is 10.7. The third kappa shape index (κ3) is 5.14. The first-order valence-corrected chi connectivity index (χ1v) is 5.18. The zero-order chi connectivity index (χ0) is 12.4. The molecule has 0 unspecified atom stereocenters. The van der Waals surface area contributed by atoms with Crippen molar-refractivity contribution in [3.05, 3.63) is 0 Å². The second kappa shape index (κ2) is 4.49. The molecular weight excluding hydrogens is 192 g/mol. The van der Waals surface area contributed by atoms with Crippen molar-refractivity contribution in [2.75, 3.05) is 13.6 Å². The van der Waals surface area contributed by atoms with E-state index in [1.165, 1.54) is 4.90 Å². The van der Waals surface area contributed by atoms with Gasteiger partial charge in [-0.05, 0) is 19.3 Å². The van der Waals surface area contributed by atoms with Gasteiger partial charge in [-0.25, -0.2) is 0 Å². The number of aliphatic hydroxyl groups is 1. The lowest BCUT2D eigenvalue weighted by Gasteiger charge is -2.32. The number of carbonyl (C=O) groups is 1. The van der Waals surface area contributed by atoms with Crippen molar-refractivity contribution < 1.29 is 9.90 Å². The van der Waals surface area contributed by atoms with Crippen LogP contribution in [0.2, 0.25) is 0 Å². The molecular formula is C11H24N2O2. The van der Waals surface area contributed by atoms with E-state index in [1.807, 2.05) is 20.8 Å². The van der Waals surface area contributed by atoms with Gasteiger partial charge in [0.05, 0.1) is 11.6 Å². The highest BCUT2D eigenvalue weighted by Gasteiger charge is 2.31. The fraction of sp³-hybridized carbons (Fsp3) is 0.909. The van der Waals surface area contributed by atoms with Crippen LogP contribution in [0.5, 0.6) is 0 Å². The Kier molecular flexibility index (Phi) is 4.31. The summed E-state index contributed by atoms with van der Waals surface area (Å²) in [5, 5.41) is 9.59. The maximum Gasteiger partial charge on any atom is 0.239 e. The van der Waals surface area contributed by atoms with Crippen molar-refractivity contribution in [3.8, 4) is 0 Å². The summed E-state index contributed by atoms with van der Waals surface area (Å²) in [4.78, 5) is 13.3. The van der Waals surface area contributed by atoms with Gasteiger partial charge >= 0.3 is 0 Å². The van der Waals surface area contributed by atoms with Crippen molar-refractivity contribution in [2.45, 2.75) is 46.3 Å². The third-order valence-electron chi connectivity index (χ3n) is 2.20. The van der Waals surface area contributed by atoms with E-state index >= 15 is 0 Å². The molecule has 3 N–H and O–H groups in total. The summed E-state index contributed by atoms with van der Waals surface area (Å²) in [5.41, 5.74) is 4.70. The maximum absolute atomic E-state index is 11.9. The Balaban J connectivity index is 4.47. The van der Waals surface area contributed by atoms with Crippen molar-refractivity contribution in [1.82, 2.24) is 4.90 Å². The topological polar surface area (TPSA) is 66.6 Å². The van der Waals surface area contributed by atoms with Crippen molar-refractivity contribution in [1.29, 1.82) is 0 Å². The Morgan fingerprint density at radius 1 is 1.33 bits per heavy atom. The molecule has 0 aliphatic carbocycles. The van der Waals surface area contributed by atoms with E-state index in [9.17, 15) is 9.90 Å². The lowest BCUT2D eigenvalue weighted by atomic mass is 9.86. The highest BCUT2D eigenvalue weighted by Crippen LogP contribution is 2.19. The first kappa shape index (κ1) is 14.4. The maximum atomic E-state index is 11.9. The van der Waals surface area contributed by atoms with E-state index in [0.29, 0.717) is 0 Å². The number of hydrogen-bond donors (Lipinski definition) is 2. The quantitative estimate of drug-likeness (QED) is 0.725. The lowest BCUT2D eigenvalue weighted by Crippen LogP contribution is -2.52. The zero-order valence-electron chi connectivity index (χ0n) is 10.7. The molecule has 0 radical (unpaired) electrons. The molecule has 4 nitrogen and oxygen atoms in total. The first-order valence-electron chi connectivity index (χ1n) is 5.18. The highest BCUT2D eigenvalue weighted by molar-refractivity contribution is 5.82. The molecule has 0 aromatic carbocycles. The van der Waals surface area contributed by atoms with Crippen LogP contribution in [0.1, 0.15) is 34.6 Å². The lowest BCUT2D eigenvalue weighted by molar-refractivity contribution is -0.136. The Morgan fingerprint density at radius 3 is 2.00 bits per heavy atom. The largest absolute Gasteiger partial charge is 0.389 e. The fourth-order valence-corrected chi connectivity index (χ4v) is 1.27. The van der Waals surface area contributed by atoms with Crippen LogP contribution < -0.4 is 5.73 Å². The molecule has 0 heterocycles. The van der Waals surface area contributed by atoms with Gasteiger partial charge in [0, 0.05) is 13.6 Å². The van der Waals surface area contributed by atoms with Gasteiger partial charge in [0.2, 0.25) is 5.91 Å². The standard InChI is InChI=1S/C11H24N2O2/c1-10(2,3)8(12)9(14)13(6)7-11(4,5)15/h8,15H,7,12H2,1-6H3/t8-/m0/s1. The second-order valence-electron chi connectivity index (χ2n) is 5.85. The molecule has 4 heteroatoms. The van der Waals surface area contributed by atoms with Gasteiger partial charge < -0.3 is 15.7 Å². The second-order valence-corrected chi connectivity index (χ2v) is 5.85. The Bertz CT molecular complexity index is 226. The van der Waals surface area contributed by atoms with Crippen LogP contribution in [0.4, 0.5) is 0 Å². The Morgan fingerprint density at radius 2 is 1.73 bits per heavy atom. The number of nitrogens with two attached hydrogens (primary N) is 1. The van der Waals surface area contributed by atoms with E-state index in [1.54, 1.807) is 20.9 Å². The van der Waals surface area contributed by atoms with Crippen molar-refractivity contribution in [2.24, 2.45) is 11.1 Å². The number of carbonyl (C=O) groups excluding carboxylic acids is 1. The van der Waals surface area contributed by atoms with Crippen LogP contribution in [0.15, 0.2) is 0 Å². The molecule has 0 saturated heterocycles. The number of nitrogens with zero attached hydrogens (tertiary/aromatic N) is 1. The van der Waals surface area contributed by atoms with Crippen LogP contribution in [-0.2, 0) is 4.79 Å². The molecule has 0 aliphatic rings. The van der Waals surface area contributed by atoms with Gasteiger partial charge in [0.25, 0.3) is 0 Å². The molecule has 0 rings (SSSR count). The number of rotatable bonds is 3. The van der Waals surface area contributed by atoms with Crippen LogP contribution in [0.3, 0.4) is 0 Å². The molecule has 90 valence electrons. The summed E-state index contributed by atoms with van der Waals surface area (Å²) >= 11 is 0. The van der Waals surface area contributed by atoms with Crippen LogP contribution in [0.25, 0.3) is 0 Å². The van der Waals surface area contributed by atoms with Gasteiger partial charge in [0.1, 0.15) is 0 Å². The van der Waals surface area contributed by atoms with Gasteiger partial charge in [0.15, 0.2) is 0 Å². The van der Waals surface area contributed by atoms with Crippen LogP contribution >= 0.6 is 0 Å². The number of likely N-dealkylation sites (N-methyl/N-ethyl adjacent to an activating group) is 1. The molecule has 0 aliphatic heterocycles. The Labute approximate surface area is 92.4 Å². The predicted molar refractivity (Wildman–Crippen MR) is 61.4 cm³/mol. The average Bonchev–Trinajstić information content (AvgIpc) is 1.96. The smallest absolute Gasteiger partial charge is 0.239 e. The SMILES string of the molecule is CN(CC(C)(C)O)C(=O)[C@H](N)C(C)(C)C. The van der Waals surface area contributed by atoms with E-state index < -0.39 is 11.6 Å². The molecule has 0 saturated carbocycles. The van der Waals surface area contributed by atoms with Gasteiger partial charge in [-0.1, -0.05) is 20.8 Å². The highest BCUT2D eigenvalue weighted by atomic mass is 16.3. The fourth-order valence-electron chi connectivity index (χ4n) is 1.27. The predicted octanol–water partition coefficient (Wildman–Crippen LogP) is 0.589. The normalized spacial score (nSPS) is 14.9. The average molecular weight is 216 g/mol. The van der Waals surface area contributed by atoms with E-state index in [0.717, 1.165) is 0 Å². The first-order chi connectivity index (χ1) is 6.45. The molecule has 0 aromatic heterocycles. The van der Waals surface area contributed by atoms with Crippen molar-refractivity contribution in [3.63, 3.8) is 0 Å². The molecule has 1 atom stereocenters. The molecule has 0 bridgehead atoms. The molecule has 0 fully saturated rings. The van der Waals surface area contributed by atoms with Gasteiger partial charge in [-0.15, -0.1) is 0 Å². The minimum Gasteiger partial charge on any atom is -0.389 e. The van der Waals surface area contributed by atoms with E-state index in [4.69, 9.17) is 5.73 Å². The molecule has 1 amide bonds. The summed E-state index contributed by atoms with van der Waals surface area (Å²) in [6.07, 6.45) is 0. The summed E-state index contributed by atoms with van der Waals surface area (Å²) in [6, 6.07) is -0.537. The number of amides is 1. The van der Waals surface area contributed by atoms with Crippen LogP contribution in [-0.4, -0.2) is 41.1 Å². The summed E-state index contributed by atoms with van der Waals surface area (Å²) in [6.45, 7) is 9.39. The monoisotopic (exact) mass is 216 g/mol. The summed E-state index contributed by atoms with van der Waals surface area (Å²) in [7, 11) is 1.66. The van der Waals surface area contributed by atoms with E-state index in [2.05, 4.69) is 0 Å². The summed E-state index contributed by atoms with van der Waals surface area (Å²) < 4.78 is 0. The molecule has 0 aromatic rings. The third-order valence-corrected chi connectivity index (χ3v) is 2.20. The van der Waals surface area contributed by atoms with Gasteiger partial charge in [-0.2, -0.15) is 0 Å². The minimum absolute atomic E-state index is 0.135. The van der Waals surface area contributed by atoms with Crippen LogP contribution in [0, 0.1) is 5.41 Å². The van der Waals surface area contributed by atoms with E-state index in [-0.39, 0.29) is 17.9 Å². The van der Waals surface area contributed by atoms with Crippen molar-refractivity contribution >= 4 is 5.91 Å².